The molecule has 9 amide bonds. The Morgan fingerprint density at radius 2 is 0.675 bits per heavy atom. The molecule has 7 saturated heterocycles. The SMILES string of the molecule is CCCCCCC.CCCOCCOCCC.CCCOCCOCCOC.NCNC(=O)CCCC[C@@H]1SC[C@@H]2NC(=O)N[C@@H]21.O=C(O)CN1CCN(CC(=O)O)CCN(CC(=O)NCNC(=O)CCCC[C@@H]2SC[C@@H]3NC(=O)N[C@@H]32)CCN(CC(=O)O)CC1.O=C(O)CN1CCN(CC(=O)O)CCN(CC(=O)ON2C(=O)CCC2=O)CCN(CC(=O)O)CC1. The summed E-state index contributed by atoms with van der Waals surface area (Å²) < 4.78 is 25.6. The molecule has 7 aliphatic rings. The van der Waals surface area contributed by atoms with E-state index in [9.17, 15) is 97.8 Å². The third-order valence-electron chi connectivity index (χ3n) is 20.4. The number of thioether (sulfide) groups is 2. The van der Waals surface area contributed by atoms with Crippen molar-refractivity contribution < 1.29 is 126 Å². The van der Waals surface area contributed by atoms with Crippen LogP contribution < -0.4 is 43.0 Å². The van der Waals surface area contributed by atoms with Gasteiger partial charge in [0.25, 0.3) is 11.8 Å². The van der Waals surface area contributed by atoms with E-state index in [1.165, 1.54) is 32.1 Å². The summed E-state index contributed by atoms with van der Waals surface area (Å²) in [6.45, 7) is 20.0. The minimum absolute atomic E-state index is 0.0188. The second kappa shape index (κ2) is 71.4. The van der Waals surface area contributed by atoms with E-state index in [0.717, 1.165) is 95.9 Å². The van der Waals surface area contributed by atoms with Crippen LogP contribution in [0.2, 0.25) is 0 Å². The number of unbranched alkanes of at least 4 members (excludes halogenated alkanes) is 6. The molecule has 0 aromatic carbocycles. The molecule has 7 rings (SSSR count). The first-order chi connectivity index (χ1) is 60.5. The van der Waals surface area contributed by atoms with Gasteiger partial charge in [-0.2, -0.15) is 23.5 Å². The zero-order chi connectivity index (χ0) is 93.2. The molecule has 0 saturated carbocycles. The minimum Gasteiger partial charge on any atom is -0.480 e. The van der Waals surface area contributed by atoms with Gasteiger partial charge in [-0.05, 0) is 44.9 Å². The number of rotatable bonds is 49. The quantitative estimate of drug-likeness (QED) is 0.0166. The number of methoxy groups -OCH3 is 1. The number of imide groups is 1. The van der Waals surface area contributed by atoms with Crippen molar-refractivity contribution in [1.82, 2.24) is 81.5 Å². The van der Waals surface area contributed by atoms with Gasteiger partial charge in [0.05, 0.1) is 130 Å². The van der Waals surface area contributed by atoms with E-state index in [2.05, 4.69) is 71.8 Å². The maximum atomic E-state index is 12.7. The van der Waals surface area contributed by atoms with Gasteiger partial charge < -0.3 is 102 Å². The number of ether oxygens (including phenoxy) is 5. The van der Waals surface area contributed by atoms with Gasteiger partial charge >= 0.3 is 53.8 Å². The van der Waals surface area contributed by atoms with Crippen LogP contribution >= 0.6 is 23.5 Å². The Morgan fingerprint density at radius 1 is 0.373 bits per heavy atom. The number of carboxylic acid groups (broad SMARTS) is 6. The van der Waals surface area contributed by atoms with Crippen LogP contribution in [-0.2, 0) is 86.1 Å². The van der Waals surface area contributed by atoms with Gasteiger partial charge in [0.1, 0.15) is 0 Å². The van der Waals surface area contributed by atoms with Crippen LogP contribution in [0, 0.1) is 0 Å². The summed E-state index contributed by atoms with van der Waals surface area (Å²) in [5.41, 5.74) is 5.22. The number of hydroxylamine groups is 2. The molecule has 6 atom stereocenters. The summed E-state index contributed by atoms with van der Waals surface area (Å²) in [5, 5.41) is 76.6. The lowest BCUT2D eigenvalue weighted by Crippen LogP contribution is -2.50. The van der Waals surface area contributed by atoms with Crippen molar-refractivity contribution in [2.75, 3.05) is 248 Å². The monoisotopic (exact) mass is 1840 g/mol. The average molecular weight is 1840 g/mol. The van der Waals surface area contributed by atoms with E-state index in [1.54, 1.807) is 41.4 Å². The molecule has 0 bridgehead atoms. The fourth-order valence-corrected chi connectivity index (χ4v) is 16.9. The molecule has 0 spiro atoms. The van der Waals surface area contributed by atoms with Crippen molar-refractivity contribution in [3.8, 4) is 0 Å². The molecule has 726 valence electrons. The van der Waals surface area contributed by atoms with Crippen molar-refractivity contribution in [3.05, 3.63) is 0 Å². The zero-order valence-electron chi connectivity index (χ0n) is 75.1. The van der Waals surface area contributed by atoms with E-state index >= 15 is 0 Å². The topological polar surface area (TPSA) is 555 Å². The molecule has 0 aromatic rings. The summed E-state index contributed by atoms with van der Waals surface area (Å²) in [6.07, 6.45) is 16.4. The fraction of sp³-hybridized carbons (Fsp3) is 0.827. The molecule has 0 aromatic heterocycles. The van der Waals surface area contributed by atoms with Gasteiger partial charge in [-0.1, -0.05) is 79.6 Å². The Hall–Kier alpha value is -7.48. The van der Waals surface area contributed by atoms with Gasteiger partial charge in [0, 0.05) is 179 Å². The highest BCUT2D eigenvalue weighted by molar-refractivity contribution is 8.00. The van der Waals surface area contributed by atoms with Gasteiger partial charge in [0.15, 0.2) is 0 Å². The lowest BCUT2D eigenvalue weighted by molar-refractivity contribution is -0.198. The number of amides is 9. The zero-order valence-corrected chi connectivity index (χ0v) is 76.8. The Bertz CT molecular complexity index is 3060. The Morgan fingerprint density at radius 3 is 0.984 bits per heavy atom. The van der Waals surface area contributed by atoms with E-state index in [4.69, 9.17) is 34.3 Å². The Balaban J connectivity index is 0.000000579. The first-order valence-electron chi connectivity index (χ1n) is 44.3. The van der Waals surface area contributed by atoms with Crippen LogP contribution in [0.3, 0.4) is 0 Å². The number of carbonyl (C=O) groups excluding carboxylic acids is 8. The van der Waals surface area contributed by atoms with E-state index in [1.807, 2.05) is 28.4 Å². The number of nitrogens with one attached hydrogen (secondary N) is 7. The molecule has 126 heavy (non-hydrogen) atoms. The number of fused-ring (bicyclic) bond motifs is 2. The van der Waals surface area contributed by atoms with Crippen LogP contribution in [0.25, 0.3) is 0 Å². The number of hydrogen-bond donors (Lipinski definition) is 14. The molecule has 15 N–H and O–H groups in total. The number of aliphatic carboxylic acids is 6. The minimum atomic E-state index is -1.06. The molecule has 0 radical (unpaired) electrons. The van der Waals surface area contributed by atoms with Crippen LogP contribution in [0.4, 0.5) is 9.59 Å². The van der Waals surface area contributed by atoms with Crippen LogP contribution in [0.1, 0.15) is 150 Å². The highest BCUT2D eigenvalue weighted by Crippen LogP contribution is 2.34. The maximum absolute atomic E-state index is 12.7. The van der Waals surface area contributed by atoms with Crippen molar-refractivity contribution in [2.24, 2.45) is 5.73 Å². The molecular formula is C81H149N17O26S2. The van der Waals surface area contributed by atoms with Crippen LogP contribution in [0.5, 0.6) is 0 Å². The average Bonchev–Trinajstić information content (AvgIpc) is 1.67. The first kappa shape index (κ1) is 115. The lowest BCUT2D eigenvalue weighted by atomic mass is 10.0. The number of nitrogens with zero attached hydrogens (tertiary/aromatic N) is 9. The molecular weight excluding hydrogens is 1690 g/mol. The smallest absolute Gasteiger partial charge is 0.347 e. The normalized spacial score (nSPS) is 20.7. The summed E-state index contributed by atoms with van der Waals surface area (Å²) in [6, 6.07) is 0.694. The molecule has 0 aliphatic carbocycles. The molecule has 7 aliphatic heterocycles. The molecule has 0 unspecified atom stereocenters. The van der Waals surface area contributed by atoms with E-state index in [0.29, 0.717) is 101 Å². The standard InChI is InChI=1S/C27H46N8O9S.C20H31N5O10.C11H20N4O2S.C8H18O3.C8H18O2.C7H16/c36-21(4-2-1-3-20-26-19(17-45-20)30-27(44)31-26)28-18-29-22(37)13-32-5-7-33(14-23(38)39)9-11-35(16-25(42)43)12-10-34(8-6-32)15-24(40)41;26-15-1-2-16(27)25(15)35-20(34)14-24-9-7-22(12-18(30)31)5-3-21(11-17(28)29)4-6-23(8-10-24)13-19(32)33;12-6-13-9(16)4-2-1-3-8-10-7(5-18-8)14-11(17)15-10;1-3-4-10-7-8-11-6-5-9-2;1-3-5-9-7-8-10-6-4-2;1-3-5-7-6-4-2/h19-20,26H,1-18H2,(H,28,36)(H,29,37)(H,38,39)(H,40,41)(H,42,43)(H2,30,31,44);1-14H2,(H,28,29)(H,30,31)(H,32,33);7-8,10H,1-6,12H2,(H,13,16)(H2,14,15,17);3-8H2,1-2H3;3-8H2,1-2H3;3-7H2,1-2H3/t19-,20-,26-;;7-,8-,10-;;;/m0.0.../s1. The van der Waals surface area contributed by atoms with Crippen molar-refractivity contribution in [1.29, 1.82) is 0 Å². The second-order valence-electron chi connectivity index (χ2n) is 31.0. The summed E-state index contributed by atoms with van der Waals surface area (Å²) in [4.78, 5) is 181. The van der Waals surface area contributed by atoms with Gasteiger partial charge in [0.2, 0.25) is 17.7 Å². The largest absolute Gasteiger partial charge is 0.480 e. The molecule has 43 nitrogen and oxygen atoms in total. The number of carbonyl (C=O) groups is 14. The number of urea groups is 2. The first-order valence-corrected chi connectivity index (χ1v) is 46.4. The number of hydrogen-bond acceptors (Lipinski definition) is 31. The maximum Gasteiger partial charge on any atom is 0.347 e. The third kappa shape index (κ3) is 56.8. The van der Waals surface area contributed by atoms with Gasteiger partial charge in [-0.15, -0.1) is 5.06 Å². The van der Waals surface area contributed by atoms with Crippen molar-refractivity contribution in [2.45, 2.75) is 185 Å². The highest BCUT2D eigenvalue weighted by atomic mass is 32.2. The molecule has 45 heteroatoms. The predicted octanol–water partition coefficient (Wildman–Crippen LogP) is 0.0834. The second-order valence-corrected chi connectivity index (χ2v) is 33.6. The Kier molecular flexibility index (Phi) is 64.9. The third-order valence-corrected chi connectivity index (χ3v) is 23.4. The number of carboxylic acids is 6. The van der Waals surface area contributed by atoms with E-state index < -0.39 is 53.6 Å². The summed E-state index contributed by atoms with van der Waals surface area (Å²) in [5.74, 6) is -6.94. The van der Waals surface area contributed by atoms with Crippen molar-refractivity contribution in [3.63, 3.8) is 0 Å². The molecule has 7 fully saturated rings. The van der Waals surface area contributed by atoms with E-state index in [-0.39, 0.29) is 198 Å². The highest BCUT2D eigenvalue weighted by Gasteiger charge is 2.44. The van der Waals surface area contributed by atoms with Crippen LogP contribution in [-0.4, -0.2) is 441 Å². The summed E-state index contributed by atoms with van der Waals surface area (Å²) >= 11 is 3.74. The van der Waals surface area contributed by atoms with Gasteiger partial charge in [-0.3, -0.25) is 91.9 Å². The van der Waals surface area contributed by atoms with Crippen molar-refractivity contribution >= 4 is 107 Å². The predicted molar refractivity (Wildman–Crippen MR) is 471 cm³/mol. The molecule has 7 heterocycles. The Labute approximate surface area is 750 Å². The fourth-order valence-electron chi connectivity index (χ4n) is 13.8. The van der Waals surface area contributed by atoms with Gasteiger partial charge in [-0.25, -0.2) is 14.4 Å². The summed E-state index contributed by atoms with van der Waals surface area (Å²) in [7, 11) is 1.66. The van der Waals surface area contributed by atoms with Crippen LogP contribution in [0.15, 0.2) is 0 Å². The lowest BCUT2D eigenvalue weighted by Gasteiger charge is -2.32. The number of nitrogens with two attached hydrogens (primary N) is 1.